The highest BCUT2D eigenvalue weighted by Gasteiger charge is 2.14. The lowest BCUT2D eigenvalue weighted by Crippen LogP contribution is -2.19. The van der Waals surface area contributed by atoms with Crippen LogP contribution in [0.5, 0.6) is 5.75 Å². The molecule has 110 valence electrons. The quantitative estimate of drug-likeness (QED) is 0.903. The second-order valence-electron chi connectivity index (χ2n) is 5.19. The van der Waals surface area contributed by atoms with Crippen molar-refractivity contribution in [1.82, 2.24) is 4.98 Å². The Morgan fingerprint density at radius 2 is 1.86 bits per heavy atom. The molecule has 5 nitrogen and oxygen atoms in total. The normalized spacial score (nSPS) is 14.2. The van der Waals surface area contributed by atoms with E-state index in [9.17, 15) is 0 Å². The van der Waals surface area contributed by atoms with E-state index in [0.29, 0.717) is 0 Å². The van der Waals surface area contributed by atoms with Crippen LogP contribution in [0.25, 0.3) is 0 Å². The van der Waals surface area contributed by atoms with Gasteiger partial charge in [0.1, 0.15) is 17.4 Å². The largest absolute Gasteiger partial charge is 0.497 e. The lowest BCUT2D eigenvalue weighted by Gasteiger charge is -2.18. The molecule has 0 bridgehead atoms. The molecular formula is C16H20N4O. The molecule has 1 aromatic heterocycles. The van der Waals surface area contributed by atoms with Crippen LogP contribution in [0.3, 0.4) is 0 Å². The average molecular weight is 284 g/mol. The number of benzene rings is 1. The maximum Gasteiger partial charge on any atom is 0.134 e. The van der Waals surface area contributed by atoms with Gasteiger partial charge in [-0.2, -0.15) is 0 Å². The van der Waals surface area contributed by atoms with Crippen LogP contribution in [0.1, 0.15) is 12.8 Å². The molecule has 0 unspecified atom stereocenters. The molecule has 21 heavy (non-hydrogen) atoms. The van der Waals surface area contributed by atoms with Crippen LogP contribution < -0.4 is 20.7 Å². The molecule has 1 aliphatic rings. The fourth-order valence-electron chi connectivity index (χ4n) is 2.53. The number of methoxy groups -OCH3 is 1. The summed E-state index contributed by atoms with van der Waals surface area (Å²) in [7, 11) is 1.66. The summed E-state index contributed by atoms with van der Waals surface area (Å²) < 4.78 is 5.16. The Morgan fingerprint density at radius 1 is 1.14 bits per heavy atom. The van der Waals surface area contributed by atoms with Gasteiger partial charge in [-0.1, -0.05) is 0 Å². The zero-order chi connectivity index (χ0) is 14.7. The van der Waals surface area contributed by atoms with Crippen molar-refractivity contribution >= 4 is 23.0 Å². The van der Waals surface area contributed by atoms with Crippen molar-refractivity contribution in [3.63, 3.8) is 0 Å². The van der Waals surface area contributed by atoms with Gasteiger partial charge in [-0.3, -0.25) is 0 Å². The first-order valence-corrected chi connectivity index (χ1v) is 7.18. The number of ether oxygens (including phenoxy) is 1. The zero-order valence-corrected chi connectivity index (χ0v) is 12.2. The Bertz CT molecular complexity index is 606. The fourth-order valence-corrected chi connectivity index (χ4v) is 2.53. The van der Waals surface area contributed by atoms with Crippen LogP contribution >= 0.6 is 0 Å². The van der Waals surface area contributed by atoms with E-state index in [4.69, 9.17) is 10.5 Å². The van der Waals surface area contributed by atoms with Crippen LogP contribution in [0.4, 0.5) is 23.0 Å². The fraction of sp³-hybridized carbons (Fsp3) is 0.312. The molecule has 3 rings (SSSR count). The molecule has 1 saturated heterocycles. The summed E-state index contributed by atoms with van der Waals surface area (Å²) in [6.07, 6.45) is 2.44. The SMILES string of the molecule is COc1ccc(Nc2cc(N)cc(N3CCCC3)n2)cc1. The number of hydrogen-bond donors (Lipinski definition) is 2. The number of nitrogen functional groups attached to an aromatic ring is 1. The summed E-state index contributed by atoms with van der Waals surface area (Å²) in [6.45, 7) is 2.11. The van der Waals surface area contributed by atoms with Gasteiger partial charge in [-0.05, 0) is 37.1 Å². The van der Waals surface area contributed by atoms with Crippen molar-refractivity contribution in [3.8, 4) is 5.75 Å². The molecular weight excluding hydrogens is 264 g/mol. The van der Waals surface area contributed by atoms with Gasteiger partial charge in [-0.15, -0.1) is 0 Å². The number of rotatable bonds is 4. The third kappa shape index (κ3) is 3.18. The maximum atomic E-state index is 6.00. The summed E-state index contributed by atoms with van der Waals surface area (Å²) in [5.74, 6) is 2.55. The molecule has 1 fully saturated rings. The van der Waals surface area contributed by atoms with E-state index < -0.39 is 0 Å². The van der Waals surface area contributed by atoms with Crippen LogP contribution in [0.2, 0.25) is 0 Å². The number of nitrogens with two attached hydrogens (primary N) is 1. The standard InChI is InChI=1S/C16H20N4O/c1-21-14-6-4-13(5-7-14)18-15-10-12(17)11-16(19-15)20-8-2-3-9-20/h4-7,10-11H,2-3,8-9H2,1H3,(H3,17,18,19). The van der Waals surface area contributed by atoms with Crippen LogP contribution in [0, 0.1) is 0 Å². The highest BCUT2D eigenvalue weighted by Crippen LogP contribution is 2.25. The predicted octanol–water partition coefficient (Wildman–Crippen LogP) is 3.02. The molecule has 0 radical (unpaired) electrons. The van der Waals surface area contributed by atoms with E-state index in [0.717, 1.165) is 41.8 Å². The molecule has 0 spiro atoms. The van der Waals surface area contributed by atoms with Gasteiger partial charge >= 0.3 is 0 Å². The zero-order valence-electron chi connectivity index (χ0n) is 12.2. The van der Waals surface area contributed by atoms with E-state index in [-0.39, 0.29) is 0 Å². The summed E-state index contributed by atoms with van der Waals surface area (Å²) >= 11 is 0. The molecule has 3 N–H and O–H groups in total. The van der Waals surface area contributed by atoms with Gasteiger partial charge in [0.15, 0.2) is 0 Å². The third-order valence-electron chi connectivity index (χ3n) is 3.63. The topological polar surface area (TPSA) is 63.4 Å². The van der Waals surface area contributed by atoms with E-state index >= 15 is 0 Å². The highest BCUT2D eigenvalue weighted by molar-refractivity contribution is 5.64. The number of hydrogen-bond acceptors (Lipinski definition) is 5. The first kappa shape index (κ1) is 13.5. The van der Waals surface area contributed by atoms with Gasteiger partial charge in [0, 0.05) is 36.6 Å². The Labute approximate surface area is 124 Å². The van der Waals surface area contributed by atoms with Crippen molar-refractivity contribution in [1.29, 1.82) is 0 Å². The van der Waals surface area contributed by atoms with Gasteiger partial charge in [-0.25, -0.2) is 4.98 Å². The Hall–Kier alpha value is -2.43. The van der Waals surface area contributed by atoms with Gasteiger partial charge in [0.25, 0.3) is 0 Å². The van der Waals surface area contributed by atoms with E-state index in [1.807, 2.05) is 36.4 Å². The van der Waals surface area contributed by atoms with Gasteiger partial charge < -0.3 is 20.7 Å². The number of pyridine rings is 1. The minimum absolute atomic E-state index is 0.725. The summed E-state index contributed by atoms with van der Waals surface area (Å²) in [6, 6.07) is 11.5. The number of aromatic nitrogens is 1. The van der Waals surface area contributed by atoms with Crippen molar-refractivity contribution in [3.05, 3.63) is 36.4 Å². The average Bonchev–Trinajstić information content (AvgIpc) is 3.02. The highest BCUT2D eigenvalue weighted by atomic mass is 16.5. The first-order chi connectivity index (χ1) is 10.2. The Morgan fingerprint density at radius 3 is 2.52 bits per heavy atom. The van der Waals surface area contributed by atoms with Crippen molar-refractivity contribution in [2.75, 3.05) is 36.1 Å². The second-order valence-corrected chi connectivity index (χ2v) is 5.19. The number of nitrogens with one attached hydrogen (secondary N) is 1. The molecule has 1 aliphatic heterocycles. The maximum absolute atomic E-state index is 6.00. The molecule has 2 heterocycles. The Kier molecular flexibility index (Phi) is 3.81. The molecule has 0 saturated carbocycles. The molecule has 0 amide bonds. The minimum atomic E-state index is 0.725. The Balaban J connectivity index is 1.80. The number of nitrogens with zero attached hydrogens (tertiary/aromatic N) is 2. The van der Waals surface area contributed by atoms with Crippen LogP contribution in [-0.4, -0.2) is 25.2 Å². The van der Waals surface area contributed by atoms with Crippen molar-refractivity contribution in [2.24, 2.45) is 0 Å². The van der Waals surface area contributed by atoms with Crippen molar-refractivity contribution < 1.29 is 4.74 Å². The van der Waals surface area contributed by atoms with E-state index in [1.165, 1.54) is 12.8 Å². The van der Waals surface area contributed by atoms with Crippen molar-refractivity contribution in [2.45, 2.75) is 12.8 Å². The van der Waals surface area contributed by atoms with Gasteiger partial charge in [0.05, 0.1) is 7.11 Å². The van der Waals surface area contributed by atoms with Crippen LogP contribution in [-0.2, 0) is 0 Å². The minimum Gasteiger partial charge on any atom is -0.497 e. The predicted molar refractivity (Wildman–Crippen MR) is 86.4 cm³/mol. The second kappa shape index (κ2) is 5.91. The summed E-state index contributed by atoms with van der Waals surface area (Å²) in [4.78, 5) is 6.93. The summed E-state index contributed by atoms with van der Waals surface area (Å²) in [5, 5.41) is 3.29. The van der Waals surface area contributed by atoms with E-state index in [1.54, 1.807) is 7.11 Å². The lowest BCUT2D eigenvalue weighted by atomic mass is 10.3. The first-order valence-electron chi connectivity index (χ1n) is 7.18. The third-order valence-corrected chi connectivity index (χ3v) is 3.63. The molecule has 1 aromatic carbocycles. The monoisotopic (exact) mass is 284 g/mol. The molecule has 0 atom stereocenters. The molecule has 2 aromatic rings. The summed E-state index contributed by atoms with van der Waals surface area (Å²) in [5.41, 5.74) is 7.68. The lowest BCUT2D eigenvalue weighted by molar-refractivity contribution is 0.415. The smallest absolute Gasteiger partial charge is 0.134 e. The van der Waals surface area contributed by atoms with Gasteiger partial charge in [0.2, 0.25) is 0 Å². The molecule has 0 aliphatic carbocycles. The molecule has 5 heteroatoms. The number of anilines is 4. The van der Waals surface area contributed by atoms with E-state index in [2.05, 4.69) is 15.2 Å². The van der Waals surface area contributed by atoms with Crippen LogP contribution in [0.15, 0.2) is 36.4 Å².